The second kappa shape index (κ2) is 6.71. The van der Waals surface area contributed by atoms with E-state index in [1.807, 2.05) is 0 Å². The molecule has 25 heavy (non-hydrogen) atoms. The van der Waals surface area contributed by atoms with Crippen LogP contribution in [0.1, 0.15) is 16.1 Å². The van der Waals surface area contributed by atoms with Gasteiger partial charge in [0, 0.05) is 19.4 Å². The topological polar surface area (TPSA) is 72.7 Å². The monoisotopic (exact) mass is 347 g/mol. The van der Waals surface area contributed by atoms with Crippen molar-refractivity contribution in [2.24, 2.45) is 7.05 Å². The van der Waals surface area contributed by atoms with E-state index in [1.54, 1.807) is 19.3 Å². The molecule has 0 aliphatic rings. The summed E-state index contributed by atoms with van der Waals surface area (Å²) in [7, 11) is 1.67. The van der Waals surface area contributed by atoms with Crippen LogP contribution in [0.4, 0.5) is 13.2 Å². The zero-order chi connectivity index (χ0) is 18.0. The van der Waals surface area contributed by atoms with E-state index in [4.69, 9.17) is 0 Å². The lowest BCUT2D eigenvalue weighted by Gasteiger charge is -2.07. The van der Waals surface area contributed by atoms with Gasteiger partial charge in [0.05, 0.1) is 24.0 Å². The van der Waals surface area contributed by atoms with E-state index in [-0.39, 0.29) is 6.54 Å². The molecule has 2 aromatic heterocycles. The number of hydrogen-bond acceptors (Lipinski definition) is 4. The quantitative estimate of drug-likeness (QED) is 0.735. The molecule has 0 aliphatic heterocycles. The van der Waals surface area contributed by atoms with Crippen molar-refractivity contribution >= 4 is 5.91 Å². The number of amides is 1. The van der Waals surface area contributed by atoms with Crippen LogP contribution < -0.4 is 5.32 Å². The number of nitrogens with one attached hydrogen (secondary N) is 1. The van der Waals surface area contributed by atoms with Crippen LogP contribution in [0.2, 0.25) is 0 Å². The molecule has 1 aromatic carbocycles. The average Bonchev–Trinajstić information content (AvgIpc) is 2.99. The smallest absolute Gasteiger partial charge is 0.254 e. The van der Waals surface area contributed by atoms with Crippen molar-refractivity contribution < 1.29 is 18.0 Å². The summed E-state index contributed by atoms with van der Waals surface area (Å²) in [6.45, 7) is 0.0149. The van der Waals surface area contributed by atoms with Crippen LogP contribution in [0.3, 0.4) is 0 Å². The lowest BCUT2D eigenvalue weighted by molar-refractivity contribution is 0.0944. The summed E-state index contributed by atoms with van der Waals surface area (Å²) in [5, 5.41) is 6.70. The molecule has 1 N–H and O–H groups in total. The molecule has 0 spiro atoms. The van der Waals surface area contributed by atoms with Gasteiger partial charge in [-0.05, 0) is 18.2 Å². The highest BCUT2D eigenvalue weighted by molar-refractivity contribution is 5.94. The minimum atomic E-state index is -1.68. The summed E-state index contributed by atoms with van der Waals surface area (Å²) in [4.78, 5) is 20.1. The van der Waals surface area contributed by atoms with Crippen LogP contribution >= 0.6 is 0 Å². The predicted octanol–water partition coefficient (Wildman–Crippen LogP) is 2.22. The maximum absolute atomic E-state index is 13.6. The van der Waals surface area contributed by atoms with Gasteiger partial charge in [0.25, 0.3) is 5.91 Å². The second-order valence-electron chi connectivity index (χ2n) is 5.14. The fourth-order valence-corrected chi connectivity index (χ4v) is 2.20. The second-order valence-corrected chi connectivity index (χ2v) is 5.14. The normalized spacial score (nSPS) is 10.7. The average molecular weight is 347 g/mol. The van der Waals surface area contributed by atoms with Gasteiger partial charge in [0.15, 0.2) is 17.5 Å². The van der Waals surface area contributed by atoms with E-state index in [1.165, 1.54) is 17.1 Å². The Bertz CT molecular complexity index is 927. The van der Waals surface area contributed by atoms with E-state index in [0.29, 0.717) is 23.1 Å². The van der Waals surface area contributed by atoms with Crippen molar-refractivity contribution in [1.29, 1.82) is 0 Å². The van der Waals surface area contributed by atoms with E-state index < -0.39 is 28.9 Å². The van der Waals surface area contributed by atoms with Gasteiger partial charge in [-0.1, -0.05) is 0 Å². The van der Waals surface area contributed by atoms with Gasteiger partial charge in [-0.15, -0.1) is 0 Å². The summed E-state index contributed by atoms with van der Waals surface area (Å²) in [5.41, 5.74) is 1.15. The van der Waals surface area contributed by atoms with Crippen LogP contribution in [0.5, 0.6) is 0 Å². The first-order valence-corrected chi connectivity index (χ1v) is 7.18. The van der Waals surface area contributed by atoms with Crippen LogP contribution in [0.15, 0.2) is 36.8 Å². The fraction of sp³-hybridized carbons (Fsp3) is 0.125. The van der Waals surface area contributed by atoms with E-state index in [0.717, 1.165) is 6.07 Å². The Kier molecular flexibility index (Phi) is 4.46. The lowest BCUT2D eigenvalue weighted by atomic mass is 10.2. The number of benzene rings is 1. The van der Waals surface area contributed by atoms with Crippen molar-refractivity contribution in [3.8, 4) is 11.4 Å². The van der Waals surface area contributed by atoms with Crippen molar-refractivity contribution in [3.63, 3.8) is 0 Å². The number of aryl methyl sites for hydroxylation is 1. The maximum Gasteiger partial charge on any atom is 0.254 e. The molecular formula is C16H12F3N5O. The molecular weight excluding hydrogens is 335 g/mol. The Labute approximate surface area is 140 Å². The number of carbonyl (C=O) groups is 1. The number of hydrogen-bond donors (Lipinski definition) is 1. The molecule has 9 heteroatoms. The van der Waals surface area contributed by atoms with Crippen LogP contribution in [-0.2, 0) is 13.6 Å². The Morgan fingerprint density at radius 2 is 1.96 bits per heavy atom. The molecule has 128 valence electrons. The zero-order valence-electron chi connectivity index (χ0n) is 13.0. The van der Waals surface area contributed by atoms with Gasteiger partial charge in [0.2, 0.25) is 0 Å². The zero-order valence-corrected chi connectivity index (χ0v) is 13.0. The molecule has 0 saturated carbocycles. The Balaban J connectivity index is 1.75. The minimum Gasteiger partial charge on any atom is -0.346 e. The third-order valence-electron chi connectivity index (χ3n) is 3.51. The Hall–Kier alpha value is -3.23. The molecule has 2 heterocycles. The van der Waals surface area contributed by atoms with Crippen molar-refractivity contribution in [3.05, 3.63) is 65.5 Å². The summed E-state index contributed by atoms with van der Waals surface area (Å²) < 4.78 is 41.3. The largest absolute Gasteiger partial charge is 0.346 e. The van der Waals surface area contributed by atoms with Gasteiger partial charge < -0.3 is 5.32 Å². The Morgan fingerprint density at radius 3 is 2.68 bits per heavy atom. The van der Waals surface area contributed by atoms with Crippen molar-refractivity contribution in [2.45, 2.75) is 6.54 Å². The minimum absolute atomic E-state index is 0.0149. The number of halogens is 3. The molecule has 0 fully saturated rings. The Morgan fingerprint density at radius 1 is 1.16 bits per heavy atom. The number of nitrogens with zero attached hydrogens (tertiary/aromatic N) is 4. The molecule has 0 bridgehead atoms. The molecule has 1 amide bonds. The molecule has 0 unspecified atom stereocenters. The fourth-order valence-electron chi connectivity index (χ4n) is 2.20. The highest BCUT2D eigenvalue weighted by atomic mass is 19.2. The van der Waals surface area contributed by atoms with Gasteiger partial charge in [-0.3, -0.25) is 19.4 Å². The molecule has 0 saturated heterocycles. The molecule has 6 nitrogen and oxygen atoms in total. The first-order valence-electron chi connectivity index (χ1n) is 7.18. The third kappa shape index (κ3) is 3.35. The highest BCUT2D eigenvalue weighted by Crippen LogP contribution is 2.17. The summed E-state index contributed by atoms with van der Waals surface area (Å²) in [6, 6.07) is 3.27. The van der Waals surface area contributed by atoms with Crippen molar-refractivity contribution in [1.82, 2.24) is 25.1 Å². The van der Waals surface area contributed by atoms with E-state index >= 15 is 0 Å². The van der Waals surface area contributed by atoms with Gasteiger partial charge >= 0.3 is 0 Å². The van der Waals surface area contributed by atoms with Gasteiger partial charge in [0.1, 0.15) is 11.4 Å². The first kappa shape index (κ1) is 16.6. The van der Waals surface area contributed by atoms with Gasteiger partial charge in [-0.2, -0.15) is 5.10 Å². The van der Waals surface area contributed by atoms with Gasteiger partial charge in [-0.25, -0.2) is 13.2 Å². The predicted molar refractivity (Wildman–Crippen MR) is 81.7 cm³/mol. The molecule has 0 aliphatic carbocycles. The molecule has 0 radical (unpaired) electrons. The van der Waals surface area contributed by atoms with Crippen LogP contribution in [0, 0.1) is 17.5 Å². The SMILES string of the molecule is Cn1nc(-c2cnccn2)cc1CNC(=O)c1ccc(F)c(F)c1F. The molecule has 0 atom stereocenters. The summed E-state index contributed by atoms with van der Waals surface area (Å²) in [5.74, 6) is -5.42. The van der Waals surface area contributed by atoms with E-state index in [2.05, 4.69) is 20.4 Å². The number of carbonyl (C=O) groups excluding carboxylic acids is 1. The third-order valence-corrected chi connectivity index (χ3v) is 3.51. The lowest BCUT2D eigenvalue weighted by Crippen LogP contribution is -2.25. The van der Waals surface area contributed by atoms with E-state index in [9.17, 15) is 18.0 Å². The summed E-state index contributed by atoms with van der Waals surface area (Å²) in [6.07, 6.45) is 4.60. The summed E-state index contributed by atoms with van der Waals surface area (Å²) >= 11 is 0. The van der Waals surface area contributed by atoms with Crippen LogP contribution in [0.25, 0.3) is 11.4 Å². The highest BCUT2D eigenvalue weighted by Gasteiger charge is 2.19. The standard InChI is InChI=1S/C16H12F3N5O/c1-24-9(6-12(23-24)13-8-20-4-5-21-13)7-22-16(25)10-2-3-11(17)15(19)14(10)18/h2-6,8H,7H2,1H3,(H,22,25). The molecule has 3 rings (SSSR count). The van der Waals surface area contributed by atoms with Crippen molar-refractivity contribution in [2.75, 3.05) is 0 Å². The number of rotatable bonds is 4. The molecule has 3 aromatic rings. The van der Waals surface area contributed by atoms with Crippen LogP contribution in [-0.4, -0.2) is 25.7 Å². The maximum atomic E-state index is 13.6. The first-order chi connectivity index (χ1) is 12.0. The number of aromatic nitrogens is 4.